The molecule has 3 heterocycles. The van der Waals surface area contributed by atoms with Crippen LogP contribution in [0.5, 0.6) is 0 Å². The van der Waals surface area contributed by atoms with Crippen LogP contribution in [0.4, 0.5) is 0 Å². The first kappa shape index (κ1) is 24.5. The summed E-state index contributed by atoms with van der Waals surface area (Å²) in [4.78, 5) is 29.3. The van der Waals surface area contributed by atoms with Crippen molar-refractivity contribution in [3.8, 4) is 11.4 Å². The van der Waals surface area contributed by atoms with E-state index in [1.165, 1.54) is 22.2 Å². The quantitative estimate of drug-likeness (QED) is 0.446. The summed E-state index contributed by atoms with van der Waals surface area (Å²) in [6.07, 6.45) is 2.34. The van der Waals surface area contributed by atoms with Gasteiger partial charge in [-0.1, -0.05) is 49.4 Å². The van der Waals surface area contributed by atoms with Crippen LogP contribution in [0.1, 0.15) is 42.7 Å². The van der Waals surface area contributed by atoms with Crippen molar-refractivity contribution < 1.29 is 9.59 Å². The fourth-order valence-corrected chi connectivity index (χ4v) is 5.98. The minimum absolute atomic E-state index is 0.00983. The molecule has 1 N–H and O–H groups in total. The lowest BCUT2D eigenvalue weighted by molar-refractivity contribution is -0.137. The first-order valence-electron chi connectivity index (χ1n) is 11.8. The molecule has 0 radical (unpaired) electrons. The van der Waals surface area contributed by atoms with Crippen molar-refractivity contribution >= 4 is 34.9 Å². The van der Waals surface area contributed by atoms with Gasteiger partial charge in [-0.15, -0.1) is 21.5 Å². The number of aromatic nitrogens is 3. The Hall–Kier alpha value is -2.65. The summed E-state index contributed by atoms with van der Waals surface area (Å²) < 4.78 is 2.03. The third kappa shape index (κ3) is 5.36. The Labute approximate surface area is 209 Å². The van der Waals surface area contributed by atoms with E-state index in [0.29, 0.717) is 31.2 Å². The lowest BCUT2D eigenvalue weighted by Crippen LogP contribution is -2.50. The topological polar surface area (TPSA) is 80.1 Å². The Balaban J connectivity index is 1.39. The van der Waals surface area contributed by atoms with Gasteiger partial charge >= 0.3 is 0 Å². The average molecular weight is 498 g/mol. The second-order valence-electron chi connectivity index (χ2n) is 8.44. The zero-order chi connectivity index (χ0) is 24.1. The second kappa shape index (κ2) is 11.2. The van der Waals surface area contributed by atoms with Gasteiger partial charge in [0.1, 0.15) is 6.04 Å². The van der Waals surface area contributed by atoms with E-state index < -0.39 is 6.04 Å². The number of hydrogen-bond donors (Lipinski definition) is 1. The molecule has 2 amide bonds. The molecule has 0 spiro atoms. The number of thioether (sulfide) groups is 1. The molecule has 1 aromatic carbocycles. The summed E-state index contributed by atoms with van der Waals surface area (Å²) in [7, 11) is 0. The van der Waals surface area contributed by atoms with Crippen molar-refractivity contribution in [1.29, 1.82) is 0 Å². The van der Waals surface area contributed by atoms with Crippen LogP contribution in [0.3, 0.4) is 0 Å². The van der Waals surface area contributed by atoms with E-state index in [0.717, 1.165) is 29.8 Å². The number of aryl methyl sites for hydroxylation is 1. The van der Waals surface area contributed by atoms with Crippen molar-refractivity contribution in [3.05, 3.63) is 51.7 Å². The number of nitrogens with one attached hydrogen (secondary N) is 1. The molecule has 3 aromatic rings. The van der Waals surface area contributed by atoms with Crippen molar-refractivity contribution in [2.24, 2.45) is 0 Å². The van der Waals surface area contributed by atoms with Crippen molar-refractivity contribution in [3.63, 3.8) is 0 Å². The van der Waals surface area contributed by atoms with E-state index in [1.807, 2.05) is 41.5 Å². The average Bonchev–Trinajstić information content (AvgIpc) is 3.48. The van der Waals surface area contributed by atoms with Gasteiger partial charge in [-0.3, -0.25) is 9.59 Å². The van der Waals surface area contributed by atoms with Crippen molar-refractivity contribution in [2.45, 2.75) is 64.3 Å². The number of carbonyl (C=O) groups is 2. The van der Waals surface area contributed by atoms with Crippen LogP contribution in [0, 0.1) is 6.92 Å². The van der Waals surface area contributed by atoms with Gasteiger partial charge in [-0.05, 0) is 49.3 Å². The molecule has 0 aliphatic carbocycles. The van der Waals surface area contributed by atoms with Gasteiger partial charge in [0.05, 0.1) is 5.75 Å². The van der Waals surface area contributed by atoms with Gasteiger partial charge in [0.2, 0.25) is 11.8 Å². The number of benzene rings is 1. The van der Waals surface area contributed by atoms with Crippen LogP contribution in [0.25, 0.3) is 11.4 Å². The van der Waals surface area contributed by atoms with Crippen LogP contribution >= 0.6 is 23.1 Å². The molecule has 1 atom stereocenters. The molecular formula is C25H31N5O2S2. The maximum Gasteiger partial charge on any atom is 0.245 e. The number of fused-ring (bicyclic) bond motifs is 1. The predicted octanol–water partition coefficient (Wildman–Crippen LogP) is 4.30. The largest absolute Gasteiger partial charge is 0.344 e. The zero-order valence-corrected chi connectivity index (χ0v) is 21.5. The first-order valence-corrected chi connectivity index (χ1v) is 13.6. The van der Waals surface area contributed by atoms with E-state index >= 15 is 0 Å². The van der Waals surface area contributed by atoms with Crippen LogP contribution in [-0.4, -0.2) is 49.8 Å². The Morgan fingerprint density at radius 3 is 2.79 bits per heavy atom. The Morgan fingerprint density at radius 2 is 2.03 bits per heavy atom. The molecule has 34 heavy (non-hydrogen) atoms. The molecule has 2 aromatic heterocycles. The van der Waals surface area contributed by atoms with Gasteiger partial charge in [-0.2, -0.15) is 0 Å². The third-order valence-electron chi connectivity index (χ3n) is 6.08. The Bertz CT molecular complexity index is 1160. The highest BCUT2D eigenvalue weighted by molar-refractivity contribution is 7.99. The van der Waals surface area contributed by atoms with E-state index in [-0.39, 0.29) is 17.6 Å². The highest BCUT2D eigenvalue weighted by atomic mass is 32.2. The lowest BCUT2D eigenvalue weighted by atomic mass is 10.1. The normalized spacial score (nSPS) is 14.0. The molecule has 0 fully saturated rings. The molecule has 4 rings (SSSR count). The Morgan fingerprint density at radius 1 is 1.21 bits per heavy atom. The zero-order valence-electron chi connectivity index (χ0n) is 19.9. The minimum Gasteiger partial charge on any atom is -0.344 e. The third-order valence-corrected chi connectivity index (χ3v) is 8.07. The fraction of sp³-hybridized carbons (Fsp3) is 0.440. The molecule has 7 nitrogen and oxygen atoms in total. The fourth-order valence-electron chi connectivity index (χ4n) is 4.27. The number of thiophene rings is 1. The van der Waals surface area contributed by atoms with Crippen LogP contribution in [0.2, 0.25) is 0 Å². The molecule has 9 heteroatoms. The monoisotopic (exact) mass is 497 g/mol. The summed E-state index contributed by atoms with van der Waals surface area (Å²) >= 11 is 3.11. The smallest absolute Gasteiger partial charge is 0.245 e. The summed E-state index contributed by atoms with van der Waals surface area (Å²) in [6, 6.07) is 9.68. The first-order chi connectivity index (χ1) is 16.5. The molecule has 1 unspecified atom stereocenters. The highest BCUT2D eigenvalue weighted by Crippen LogP contribution is 2.27. The molecule has 1 aliphatic rings. The van der Waals surface area contributed by atoms with Crippen molar-refractivity contribution in [1.82, 2.24) is 25.0 Å². The number of rotatable bonds is 9. The lowest BCUT2D eigenvalue weighted by Gasteiger charge is -2.30. The second-order valence-corrected chi connectivity index (χ2v) is 10.4. The predicted molar refractivity (Wildman–Crippen MR) is 137 cm³/mol. The van der Waals surface area contributed by atoms with Crippen LogP contribution in [0.15, 0.2) is 40.9 Å². The molecule has 0 bridgehead atoms. The van der Waals surface area contributed by atoms with E-state index in [4.69, 9.17) is 0 Å². The van der Waals surface area contributed by atoms with Crippen LogP contribution in [-0.2, 0) is 29.1 Å². The summed E-state index contributed by atoms with van der Waals surface area (Å²) in [5.74, 6) is 0.845. The molecular weight excluding hydrogens is 466 g/mol. The molecule has 0 saturated heterocycles. The number of amides is 2. The van der Waals surface area contributed by atoms with Gasteiger partial charge in [0.15, 0.2) is 11.0 Å². The maximum atomic E-state index is 13.2. The summed E-state index contributed by atoms with van der Waals surface area (Å²) in [5.41, 5.74) is 3.40. The van der Waals surface area contributed by atoms with Gasteiger partial charge in [-0.25, -0.2) is 0 Å². The van der Waals surface area contributed by atoms with Gasteiger partial charge < -0.3 is 14.8 Å². The molecule has 180 valence electrons. The molecule has 1 aliphatic heterocycles. The van der Waals surface area contributed by atoms with Crippen molar-refractivity contribution in [2.75, 3.05) is 12.3 Å². The maximum absolute atomic E-state index is 13.2. The number of hydrogen-bond acceptors (Lipinski definition) is 6. The van der Waals surface area contributed by atoms with Gasteiger partial charge in [0, 0.05) is 30.1 Å². The van der Waals surface area contributed by atoms with Crippen LogP contribution < -0.4 is 5.32 Å². The molecule has 0 saturated carbocycles. The Kier molecular flexibility index (Phi) is 8.05. The minimum atomic E-state index is -0.495. The number of nitrogens with zero attached hydrogens (tertiary/aromatic N) is 4. The van der Waals surface area contributed by atoms with E-state index in [2.05, 4.69) is 40.0 Å². The summed E-state index contributed by atoms with van der Waals surface area (Å²) in [6.45, 7) is 8.17. The standard InChI is InChI=1S/C25H31N5O2S2/c1-4-8-20(24(32)29-13-11-21-18(15-29)12-14-33-21)26-22(31)16-34-25-28-27-23(30(25)5-2)19-10-7-6-9-17(19)3/h6-7,9-10,12,14,20H,4-5,8,11,13,15-16H2,1-3H3,(H,26,31). The summed E-state index contributed by atoms with van der Waals surface area (Å²) in [5, 5.41) is 14.5. The highest BCUT2D eigenvalue weighted by Gasteiger charge is 2.28. The van der Waals surface area contributed by atoms with E-state index in [9.17, 15) is 9.59 Å². The van der Waals surface area contributed by atoms with Gasteiger partial charge in [0.25, 0.3) is 0 Å². The SMILES string of the molecule is CCCC(NC(=O)CSc1nnc(-c2ccccc2C)n1CC)C(=O)N1CCc2sccc2C1. The van der Waals surface area contributed by atoms with E-state index in [1.54, 1.807) is 11.3 Å². The number of carbonyl (C=O) groups excluding carboxylic acids is 2.